The standard InChI is InChI=1S/C11H9F3N2O3S2.CH4O3S/c12-11(13,14)19-6-4-7-9-8(5-6)21(17,18)3-1-2-16(9)10(15)20-7;1-5(2,3)4/h4-5,15H,1-3H2;1H3,(H,2,3,4). The van der Waals surface area contributed by atoms with Gasteiger partial charge in [-0.15, -0.1) is 13.2 Å². The Morgan fingerprint density at radius 3 is 2.46 bits per heavy atom. The fourth-order valence-electron chi connectivity index (χ4n) is 2.33. The second-order valence-corrected chi connectivity index (χ2v) is 9.85. The Kier molecular flexibility index (Phi) is 5.43. The molecule has 1 aliphatic heterocycles. The minimum atomic E-state index is -4.90. The molecule has 1 aromatic carbocycles. The lowest BCUT2D eigenvalue weighted by Crippen LogP contribution is -2.17. The van der Waals surface area contributed by atoms with Gasteiger partial charge in [-0.25, -0.2) is 8.42 Å². The molecule has 1 aromatic heterocycles. The van der Waals surface area contributed by atoms with Crippen LogP contribution in [0.4, 0.5) is 13.2 Å². The lowest BCUT2D eigenvalue weighted by molar-refractivity contribution is -0.274. The molecule has 0 aliphatic carbocycles. The first-order chi connectivity index (χ1) is 11.7. The van der Waals surface area contributed by atoms with Crippen LogP contribution in [0.2, 0.25) is 0 Å². The Bertz CT molecular complexity index is 1090. The van der Waals surface area contributed by atoms with E-state index in [-0.39, 0.29) is 21.0 Å². The van der Waals surface area contributed by atoms with Gasteiger partial charge in [-0.2, -0.15) is 8.42 Å². The van der Waals surface area contributed by atoms with Crippen molar-refractivity contribution in [1.82, 2.24) is 4.57 Å². The maximum absolute atomic E-state index is 12.3. The van der Waals surface area contributed by atoms with E-state index in [0.29, 0.717) is 23.9 Å². The Morgan fingerprint density at radius 2 is 1.92 bits per heavy atom. The van der Waals surface area contributed by atoms with Crippen LogP contribution in [0.25, 0.3) is 10.2 Å². The highest BCUT2D eigenvalue weighted by Crippen LogP contribution is 2.35. The van der Waals surface area contributed by atoms with Gasteiger partial charge in [0, 0.05) is 18.7 Å². The number of ether oxygens (including phenoxy) is 1. The number of sulfone groups is 1. The van der Waals surface area contributed by atoms with E-state index >= 15 is 0 Å². The van der Waals surface area contributed by atoms with Crippen molar-refractivity contribution < 1.29 is 39.3 Å². The number of nitrogens with zero attached hydrogens (tertiary/aromatic N) is 1. The zero-order chi connectivity index (χ0) is 19.9. The SMILES string of the molecule is CS(=O)(=O)O.N=c1sc2cc(OC(F)(F)F)cc3c2n1CCCS3(=O)=O. The minimum Gasteiger partial charge on any atom is -0.406 e. The summed E-state index contributed by atoms with van der Waals surface area (Å²) in [6, 6.07) is 2.01. The third kappa shape index (κ3) is 5.18. The summed E-state index contributed by atoms with van der Waals surface area (Å²) >= 11 is 0.926. The molecule has 0 saturated carbocycles. The second kappa shape index (κ2) is 6.83. The number of hydrogen-bond acceptors (Lipinski definition) is 7. The smallest absolute Gasteiger partial charge is 0.406 e. The first-order valence-corrected chi connectivity index (χ1v) is 11.1. The molecule has 3 rings (SSSR count). The van der Waals surface area contributed by atoms with Crippen LogP contribution in [0.3, 0.4) is 0 Å². The fourth-order valence-corrected chi connectivity index (χ4v) is 4.93. The molecule has 14 heteroatoms. The molecule has 2 heterocycles. The van der Waals surface area contributed by atoms with Gasteiger partial charge < -0.3 is 9.30 Å². The van der Waals surface area contributed by atoms with Gasteiger partial charge in [0.1, 0.15) is 5.75 Å². The number of aromatic nitrogens is 1. The molecule has 2 aromatic rings. The summed E-state index contributed by atoms with van der Waals surface area (Å²) in [6.07, 6.45) is -3.87. The van der Waals surface area contributed by atoms with Crippen LogP contribution in [-0.2, 0) is 26.5 Å². The summed E-state index contributed by atoms with van der Waals surface area (Å²) in [5.74, 6) is -0.743. The zero-order valence-corrected chi connectivity index (χ0v) is 15.5. The van der Waals surface area contributed by atoms with Crippen molar-refractivity contribution in [3.8, 4) is 5.75 Å². The van der Waals surface area contributed by atoms with Crippen LogP contribution in [0, 0.1) is 5.41 Å². The highest BCUT2D eigenvalue weighted by molar-refractivity contribution is 7.91. The molecule has 0 spiro atoms. The summed E-state index contributed by atoms with van der Waals surface area (Å²) in [5, 5.41) is 7.83. The first-order valence-electron chi connectivity index (χ1n) is 6.80. The summed E-state index contributed by atoms with van der Waals surface area (Å²) in [6.45, 7) is 0.352. The average molecular weight is 434 g/mol. The normalized spacial score (nSPS) is 16.5. The molecule has 0 fully saturated rings. The molecule has 0 unspecified atom stereocenters. The molecule has 26 heavy (non-hydrogen) atoms. The highest BCUT2D eigenvalue weighted by atomic mass is 32.2. The van der Waals surface area contributed by atoms with Crippen LogP contribution in [0.1, 0.15) is 6.42 Å². The molecule has 1 aliphatic rings. The van der Waals surface area contributed by atoms with Crippen molar-refractivity contribution in [2.75, 3.05) is 12.0 Å². The fraction of sp³-hybridized carbons (Fsp3) is 0.417. The number of rotatable bonds is 1. The molecule has 146 valence electrons. The molecule has 0 radical (unpaired) electrons. The third-order valence-electron chi connectivity index (χ3n) is 3.10. The zero-order valence-electron chi connectivity index (χ0n) is 13.1. The topological polar surface area (TPSA) is 127 Å². The highest BCUT2D eigenvalue weighted by Gasteiger charge is 2.33. The van der Waals surface area contributed by atoms with Gasteiger partial charge in [0.15, 0.2) is 14.6 Å². The van der Waals surface area contributed by atoms with Crippen molar-refractivity contribution in [2.45, 2.75) is 24.2 Å². The summed E-state index contributed by atoms with van der Waals surface area (Å²) in [5.41, 5.74) is 0.289. The van der Waals surface area contributed by atoms with E-state index in [0.717, 1.165) is 23.5 Å². The van der Waals surface area contributed by atoms with Crippen LogP contribution in [0.5, 0.6) is 5.75 Å². The van der Waals surface area contributed by atoms with Gasteiger partial charge in [-0.05, 0) is 6.42 Å². The Balaban J connectivity index is 0.000000431. The summed E-state index contributed by atoms with van der Waals surface area (Å²) in [4.78, 5) is -0.0981. The van der Waals surface area contributed by atoms with E-state index in [2.05, 4.69) is 4.74 Å². The molecular weight excluding hydrogens is 421 g/mol. The number of alkyl halides is 3. The van der Waals surface area contributed by atoms with Crippen molar-refractivity contribution >= 4 is 41.5 Å². The van der Waals surface area contributed by atoms with Gasteiger partial charge in [0.05, 0.1) is 27.1 Å². The monoisotopic (exact) mass is 434 g/mol. The third-order valence-corrected chi connectivity index (χ3v) is 5.85. The van der Waals surface area contributed by atoms with Gasteiger partial charge in [-0.3, -0.25) is 9.96 Å². The number of halogens is 3. The van der Waals surface area contributed by atoms with Gasteiger partial charge in [-0.1, -0.05) is 11.3 Å². The molecular formula is C12H13F3N2O6S3. The van der Waals surface area contributed by atoms with Crippen LogP contribution < -0.4 is 9.54 Å². The summed E-state index contributed by atoms with van der Waals surface area (Å²) < 4.78 is 92.9. The van der Waals surface area contributed by atoms with Gasteiger partial charge in [0.2, 0.25) is 0 Å². The number of nitrogens with one attached hydrogen (secondary N) is 1. The van der Waals surface area contributed by atoms with Gasteiger partial charge >= 0.3 is 6.36 Å². The van der Waals surface area contributed by atoms with Crippen LogP contribution in [0.15, 0.2) is 17.0 Å². The Labute approximate surface area is 150 Å². The molecule has 0 bridgehead atoms. The lowest BCUT2D eigenvalue weighted by atomic mass is 10.3. The molecule has 0 atom stereocenters. The maximum atomic E-state index is 12.3. The number of benzene rings is 1. The lowest BCUT2D eigenvalue weighted by Gasteiger charge is -2.11. The molecule has 2 N–H and O–H groups in total. The van der Waals surface area contributed by atoms with Crippen LogP contribution >= 0.6 is 11.3 Å². The van der Waals surface area contributed by atoms with Crippen LogP contribution in [-0.4, -0.2) is 44.3 Å². The minimum absolute atomic E-state index is 0.104. The molecule has 0 amide bonds. The maximum Gasteiger partial charge on any atom is 0.573 e. The Morgan fingerprint density at radius 1 is 1.35 bits per heavy atom. The number of aryl methyl sites for hydroxylation is 1. The van der Waals surface area contributed by atoms with Gasteiger partial charge in [0.25, 0.3) is 10.1 Å². The molecule has 8 nitrogen and oxygen atoms in total. The first kappa shape index (κ1) is 20.7. The van der Waals surface area contributed by atoms with E-state index in [1.165, 1.54) is 4.57 Å². The van der Waals surface area contributed by atoms with E-state index in [1.54, 1.807) is 0 Å². The van der Waals surface area contributed by atoms with E-state index in [1.807, 2.05) is 0 Å². The molecule has 0 saturated heterocycles. The summed E-state index contributed by atoms with van der Waals surface area (Å²) in [7, 11) is -7.36. The van der Waals surface area contributed by atoms with E-state index in [4.69, 9.17) is 9.96 Å². The Hall–Kier alpha value is -1.64. The quantitative estimate of drug-likeness (QED) is 0.659. The number of thiazole rings is 1. The van der Waals surface area contributed by atoms with Crippen molar-refractivity contribution in [3.05, 3.63) is 16.9 Å². The van der Waals surface area contributed by atoms with Crippen molar-refractivity contribution in [1.29, 1.82) is 5.41 Å². The van der Waals surface area contributed by atoms with Crippen molar-refractivity contribution in [2.24, 2.45) is 0 Å². The second-order valence-electron chi connectivity index (χ2n) is 5.28. The predicted molar refractivity (Wildman–Crippen MR) is 86.5 cm³/mol. The van der Waals surface area contributed by atoms with Crippen molar-refractivity contribution in [3.63, 3.8) is 0 Å². The van der Waals surface area contributed by atoms with E-state index in [9.17, 15) is 30.0 Å². The average Bonchev–Trinajstić information content (AvgIpc) is 2.61. The largest absolute Gasteiger partial charge is 0.573 e. The predicted octanol–water partition coefficient (Wildman–Crippen LogP) is 1.76. The number of hydrogen-bond donors (Lipinski definition) is 2. The van der Waals surface area contributed by atoms with E-state index < -0.39 is 32.1 Å².